The summed E-state index contributed by atoms with van der Waals surface area (Å²) < 4.78 is 5.14. The number of carbonyl (C=O) groups is 1. The summed E-state index contributed by atoms with van der Waals surface area (Å²) >= 11 is 5.81. The number of nitrogens with two attached hydrogens (primary N) is 1. The molecule has 0 saturated carbocycles. The van der Waals surface area contributed by atoms with E-state index in [0.717, 1.165) is 0 Å². The highest BCUT2D eigenvalue weighted by molar-refractivity contribution is 6.30. The molecule has 16 heavy (non-hydrogen) atoms. The summed E-state index contributed by atoms with van der Waals surface area (Å²) in [6.07, 6.45) is 1.22. The third kappa shape index (κ3) is 3.66. The number of aromatic nitrogens is 2. The predicted octanol–water partition coefficient (Wildman–Crippen LogP) is 1.60. The lowest BCUT2D eigenvalue weighted by Crippen LogP contribution is -2.25. The van der Waals surface area contributed by atoms with E-state index >= 15 is 0 Å². The highest BCUT2D eigenvalue weighted by atomic mass is 35.5. The molecule has 1 heterocycles. The Labute approximate surface area is 99.0 Å². The van der Waals surface area contributed by atoms with E-state index in [9.17, 15) is 4.79 Å². The second-order valence-electron chi connectivity index (χ2n) is 4.29. The van der Waals surface area contributed by atoms with Crippen LogP contribution in [-0.2, 0) is 16.0 Å². The minimum Gasteiger partial charge on any atom is -0.460 e. The molecule has 0 spiro atoms. The molecule has 0 aromatic carbocycles. The SMILES string of the molecule is CC(C)(C)OC(=O)Cc1c(N)ncnc1Cl. The zero-order valence-electron chi connectivity index (χ0n) is 9.45. The van der Waals surface area contributed by atoms with Crippen LogP contribution in [0.5, 0.6) is 0 Å². The van der Waals surface area contributed by atoms with Gasteiger partial charge in [0.1, 0.15) is 22.9 Å². The van der Waals surface area contributed by atoms with Crippen LogP contribution in [0.4, 0.5) is 5.82 Å². The Morgan fingerprint density at radius 2 is 2.12 bits per heavy atom. The maximum absolute atomic E-state index is 11.5. The van der Waals surface area contributed by atoms with Gasteiger partial charge in [-0.3, -0.25) is 4.79 Å². The van der Waals surface area contributed by atoms with Crippen molar-refractivity contribution in [3.8, 4) is 0 Å². The topological polar surface area (TPSA) is 78.1 Å². The van der Waals surface area contributed by atoms with E-state index in [2.05, 4.69) is 9.97 Å². The van der Waals surface area contributed by atoms with Gasteiger partial charge in [0.05, 0.1) is 6.42 Å². The zero-order chi connectivity index (χ0) is 12.3. The fraction of sp³-hybridized carbons (Fsp3) is 0.500. The van der Waals surface area contributed by atoms with Gasteiger partial charge in [0.2, 0.25) is 0 Å². The smallest absolute Gasteiger partial charge is 0.311 e. The minimum absolute atomic E-state index is 0.0250. The molecule has 1 aromatic heterocycles. The summed E-state index contributed by atoms with van der Waals surface area (Å²) in [7, 11) is 0. The summed E-state index contributed by atoms with van der Waals surface area (Å²) in [5.74, 6) is -0.207. The third-order valence-corrected chi connectivity index (χ3v) is 1.99. The maximum atomic E-state index is 11.5. The van der Waals surface area contributed by atoms with Crippen molar-refractivity contribution in [2.75, 3.05) is 5.73 Å². The first kappa shape index (κ1) is 12.7. The molecule has 0 fully saturated rings. The number of esters is 1. The molecule has 0 aliphatic heterocycles. The van der Waals surface area contributed by atoms with Crippen molar-refractivity contribution in [3.05, 3.63) is 17.0 Å². The van der Waals surface area contributed by atoms with E-state index in [1.807, 2.05) is 0 Å². The Hall–Kier alpha value is -1.36. The summed E-state index contributed by atoms with van der Waals surface area (Å²) in [4.78, 5) is 19.1. The number of anilines is 1. The molecule has 1 rings (SSSR count). The van der Waals surface area contributed by atoms with Gasteiger partial charge >= 0.3 is 5.97 Å². The lowest BCUT2D eigenvalue weighted by molar-refractivity contribution is -0.153. The van der Waals surface area contributed by atoms with Crippen molar-refractivity contribution in [2.24, 2.45) is 0 Å². The van der Waals surface area contributed by atoms with E-state index in [-0.39, 0.29) is 17.4 Å². The molecule has 6 heteroatoms. The molecule has 0 amide bonds. The van der Waals surface area contributed by atoms with Gasteiger partial charge in [-0.1, -0.05) is 11.6 Å². The highest BCUT2D eigenvalue weighted by Crippen LogP contribution is 2.19. The summed E-state index contributed by atoms with van der Waals surface area (Å²) in [6, 6.07) is 0. The standard InChI is InChI=1S/C10H14ClN3O2/c1-10(2,3)16-7(15)4-6-8(11)13-5-14-9(6)12/h5H,4H2,1-3H3,(H2,12,13,14). The molecule has 0 radical (unpaired) electrons. The minimum atomic E-state index is -0.534. The number of ether oxygens (including phenoxy) is 1. The first-order valence-corrected chi connectivity index (χ1v) is 5.14. The largest absolute Gasteiger partial charge is 0.460 e. The lowest BCUT2D eigenvalue weighted by Gasteiger charge is -2.19. The Balaban J connectivity index is 2.78. The monoisotopic (exact) mass is 243 g/mol. The average molecular weight is 244 g/mol. The Bertz CT molecular complexity index is 381. The van der Waals surface area contributed by atoms with Gasteiger partial charge in [-0.25, -0.2) is 9.97 Å². The van der Waals surface area contributed by atoms with Crippen LogP contribution in [0.1, 0.15) is 26.3 Å². The molecule has 0 aliphatic carbocycles. The van der Waals surface area contributed by atoms with Gasteiger partial charge in [-0.15, -0.1) is 0 Å². The molecule has 0 unspecified atom stereocenters. The Morgan fingerprint density at radius 3 is 2.62 bits per heavy atom. The first-order chi connectivity index (χ1) is 7.29. The number of nitrogens with zero attached hydrogens (tertiary/aromatic N) is 2. The van der Waals surface area contributed by atoms with Crippen LogP contribution in [0.2, 0.25) is 5.15 Å². The molecular weight excluding hydrogens is 230 g/mol. The number of rotatable bonds is 2. The molecule has 2 N–H and O–H groups in total. The van der Waals surface area contributed by atoms with Crippen LogP contribution < -0.4 is 5.73 Å². The van der Waals surface area contributed by atoms with E-state index in [1.165, 1.54) is 6.33 Å². The fourth-order valence-corrected chi connectivity index (χ4v) is 1.30. The van der Waals surface area contributed by atoms with E-state index in [1.54, 1.807) is 20.8 Å². The van der Waals surface area contributed by atoms with Crippen molar-refractivity contribution in [3.63, 3.8) is 0 Å². The Morgan fingerprint density at radius 1 is 1.50 bits per heavy atom. The average Bonchev–Trinajstić information content (AvgIpc) is 2.08. The zero-order valence-corrected chi connectivity index (χ0v) is 10.2. The summed E-state index contributed by atoms with van der Waals surface area (Å²) in [5, 5.41) is 0.179. The van der Waals surface area contributed by atoms with Crippen LogP contribution in [0.3, 0.4) is 0 Å². The molecule has 88 valence electrons. The van der Waals surface area contributed by atoms with E-state index < -0.39 is 11.6 Å². The molecule has 0 bridgehead atoms. The van der Waals surface area contributed by atoms with Gasteiger partial charge in [-0.05, 0) is 20.8 Å². The van der Waals surface area contributed by atoms with Crippen molar-refractivity contribution >= 4 is 23.4 Å². The maximum Gasteiger partial charge on any atom is 0.311 e. The van der Waals surface area contributed by atoms with Crippen LogP contribution >= 0.6 is 11.6 Å². The molecule has 0 atom stereocenters. The summed E-state index contributed by atoms with van der Waals surface area (Å²) in [6.45, 7) is 5.37. The van der Waals surface area contributed by atoms with Gasteiger partial charge in [0, 0.05) is 5.56 Å². The molecule has 0 aliphatic rings. The van der Waals surface area contributed by atoms with Gasteiger partial charge in [0.15, 0.2) is 0 Å². The van der Waals surface area contributed by atoms with Crippen LogP contribution in [0.15, 0.2) is 6.33 Å². The predicted molar refractivity (Wildman–Crippen MR) is 61.0 cm³/mol. The van der Waals surface area contributed by atoms with E-state index in [0.29, 0.717) is 5.56 Å². The number of hydrogen-bond acceptors (Lipinski definition) is 5. The van der Waals surface area contributed by atoms with Gasteiger partial charge in [-0.2, -0.15) is 0 Å². The summed E-state index contributed by atoms with van der Waals surface area (Å²) in [5.41, 5.74) is 5.46. The normalized spacial score (nSPS) is 11.2. The van der Waals surface area contributed by atoms with Gasteiger partial charge < -0.3 is 10.5 Å². The Kier molecular flexibility index (Phi) is 3.70. The third-order valence-electron chi connectivity index (χ3n) is 1.67. The van der Waals surface area contributed by atoms with Crippen molar-refractivity contribution < 1.29 is 9.53 Å². The lowest BCUT2D eigenvalue weighted by atomic mass is 10.2. The van der Waals surface area contributed by atoms with Crippen molar-refractivity contribution in [2.45, 2.75) is 32.8 Å². The second-order valence-corrected chi connectivity index (χ2v) is 4.65. The van der Waals surface area contributed by atoms with E-state index in [4.69, 9.17) is 22.1 Å². The number of carbonyl (C=O) groups excluding carboxylic acids is 1. The van der Waals surface area contributed by atoms with Crippen molar-refractivity contribution in [1.82, 2.24) is 9.97 Å². The fourth-order valence-electron chi connectivity index (χ4n) is 1.09. The number of hydrogen-bond donors (Lipinski definition) is 1. The van der Waals surface area contributed by atoms with Crippen LogP contribution in [0, 0.1) is 0 Å². The van der Waals surface area contributed by atoms with Crippen molar-refractivity contribution in [1.29, 1.82) is 0 Å². The highest BCUT2D eigenvalue weighted by Gasteiger charge is 2.19. The molecule has 0 saturated heterocycles. The van der Waals surface area contributed by atoms with Crippen LogP contribution in [0.25, 0.3) is 0 Å². The quantitative estimate of drug-likeness (QED) is 0.631. The van der Waals surface area contributed by atoms with Crippen LogP contribution in [-0.4, -0.2) is 21.5 Å². The first-order valence-electron chi connectivity index (χ1n) is 4.76. The molecule has 1 aromatic rings. The molecule has 5 nitrogen and oxygen atoms in total. The second kappa shape index (κ2) is 4.65. The number of halogens is 1. The number of nitrogen functional groups attached to an aromatic ring is 1. The molecular formula is C10H14ClN3O2. The van der Waals surface area contributed by atoms with Gasteiger partial charge in [0.25, 0.3) is 0 Å².